The predicted molar refractivity (Wildman–Crippen MR) is 109 cm³/mol. The van der Waals surface area contributed by atoms with E-state index in [4.69, 9.17) is 0 Å². The molecule has 0 atom stereocenters. The number of nitrogens with zero attached hydrogens (tertiary/aromatic N) is 3. The van der Waals surface area contributed by atoms with Gasteiger partial charge in [0, 0.05) is 49.4 Å². The summed E-state index contributed by atoms with van der Waals surface area (Å²) < 4.78 is 0. The molecule has 29 heavy (non-hydrogen) atoms. The SMILES string of the molecule is CN(C)c1ccc(C(=O)c2ccccc2C(=O)Nc2ccncc2)cc1[N+](=O)[O-]. The van der Waals surface area contributed by atoms with Gasteiger partial charge < -0.3 is 10.2 Å². The third kappa shape index (κ3) is 4.27. The van der Waals surface area contributed by atoms with E-state index in [-0.39, 0.29) is 22.4 Å². The highest BCUT2D eigenvalue weighted by Crippen LogP contribution is 2.29. The molecule has 8 heteroatoms. The van der Waals surface area contributed by atoms with Gasteiger partial charge in [0.15, 0.2) is 5.78 Å². The first-order chi connectivity index (χ1) is 13.9. The largest absolute Gasteiger partial charge is 0.372 e. The van der Waals surface area contributed by atoms with Crippen molar-refractivity contribution in [1.29, 1.82) is 0 Å². The highest BCUT2D eigenvalue weighted by atomic mass is 16.6. The Morgan fingerprint density at radius 3 is 2.28 bits per heavy atom. The number of rotatable bonds is 6. The molecule has 2 aromatic carbocycles. The van der Waals surface area contributed by atoms with Gasteiger partial charge in [-0.05, 0) is 30.3 Å². The van der Waals surface area contributed by atoms with Gasteiger partial charge in [-0.3, -0.25) is 24.7 Å². The summed E-state index contributed by atoms with van der Waals surface area (Å²) in [5.74, 6) is -0.932. The number of nitrogens with one attached hydrogen (secondary N) is 1. The molecule has 1 N–H and O–H groups in total. The fraction of sp³-hybridized carbons (Fsp3) is 0.0952. The smallest absolute Gasteiger partial charge is 0.293 e. The van der Waals surface area contributed by atoms with Crippen LogP contribution in [0.1, 0.15) is 26.3 Å². The van der Waals surface area contributed by atoms with Crippen molar-refractivity contribution in [2.75, 3.05) is 24.3 Å². The van der Waals surface area contributed by atoms with Crippen LogP contribution >= 0.6 is 0 Å². The Morgan fingerprint density at radius 1 is 1.00 bits per heavy atom. The standard InChI is InChI=1S/C21H18N4O4/c1-24(2)18-8-7-14(13-19(18)25(28)29)20(26)16-5-3-4-6-17(16)21(27)23-15-9-11-22-12-10-15/h3-13H,1-2H3,(H,22,23,27). The lowest BCUT2D eigenvalue weighted by molar-refractivity contribution is -0.384. The van der Waals surface area contributed by atoms with E-state index >= 15 is 0 Å². The molecule has 0 bridgehead atoms. The molecular formula is C21H18N4O4. The summed E-state index contributed by atoms with van der Waals surface area (Å²) >= 11 is 0. The van der Waals surface area contributed by atoms with Crippen molar-refractivity contribution in [2.45, 2.75) is 0 Å². The number of nitro groups is 1. The van der Waals surface area contributed by atoms with Crippen molar-refractivity contribution in [3.8, 4) is 0 Å². The van der Waals surface area contributed by atoms with Gasteiger partial charge in [0.25, 0.3) is 11.6 Å². The number of benzene rings is 2. The first kappa shape index (κ1) is 19.7. The van der Waals surface area contributed by atoms with Crippen LogP contribution in [0.5, 0.6) is 0 Å². The Morgan fingerprint density at radius 2 is 1.66 bits per heavy atom. The summed E-state index contributed by atoms with van der Waals surface area (Å²) in [4.78, 5) is 42.1. The third-order valence-corrected chi connectivity index (χ3v) is 4.27. The molecule has 1 heterocycles. The summed E-state index contributed by atoms with van der Waals surface area (Å²) in [5.41, 5.74) is 1.21. The van der Waals surface area contributed by atoms with Crippen LogP contribution in [-0.4, -0.2) is 35.7 Å². The molecule has 0 saturated heterocycles. The zero-order chi connectivity index (χ0) is 21.0. The minimum atomic E-state index is -0.534. The van der Waals surface area contributed by atoms with Gasteiger partial charge in [-0.1, -0.05) is 18.2 Å². The van der Waals surface area contributed by atoms with Gasteiger partial charge in [0.2, 0.25) is 0 Å². The molecule has 0 radical (unpaired) electrons. The molecule has 0 aliphatic heterocycles. The maximum absolute atomic E-state index is 13.1. The number of carbonyl (C=O) groups excluding carboxylic acids is 2. The molecule has 3 rings (SSSR count). The number of aromatic nitrogens is 1. The molecule has 0 unspecified atom stereocenters. The lowest BCUT2D eigenvalue weighted by Gasteiger charge is -2.14. The zero-order valence-corrected chi connectivity index (χ0v) is 15.8. The molecular weight excluding hydrogens is 372 g/mol. The Labute approximate surface area is 167 Å². The van der Waals surface area contributed by atoms with E-state index in [9.17, 15) is 19.7 Å². The number of hydrogen-bond donors (Lipinski definition) is 1. The Kier molecular flexibility index (Phi) is 5.64. The Hall–Kier alpha value is -4.07. The molecule has 8 nitrogen and oxygen atoms in total. The predicted octanol–water partition coefficient (Wildman–Crippen LogP) is 3.54. The maximum atomic E-state index is 13.1. The molecule has 0 spiro atoms. The van der Waals surface area contributed by atoms with E-state index in [1.807, 2.05) is 0 Å². The van der Waals surface area contributed by atoms with Crippen LogP contribution < -0.4 is 10.2 Å². The summed E-state index contributed by atoms with van der Waals surface area (Å²) in [7, 11) is 3.37. The lowest BCUT2D eigenvalue weighted by atomic mass is 9.97. The zero-order valence-electron chi connectivity index (χ0n) is 15.8. The van der Waals surface area contributed by atoms with E-state index in [2.05, 4.69) is 10.3 Å². The quantitative estimate of drug-likeness (QED) is 0.392. The fourth-order valence-electron chi connectivity index (χ4n) is 2.86. The average Bonchev–Trinajstić information content (AvgIpc) is 2.73. The van der Waals surface area contributed by atoms with E-state index in [0.717, 1.165) is 0 Å². The van der Waals surface area contributed by atoms with Crippen molar-refractivity contribution in [2.24, 2.45) is 0 Å². The number of carbonyl (C=O) groups is 2. The molecule has 0 aliphatic carbocycles. The molecule has 0 fully saturated rings. The summed E-state index contributed by atoms with van der Waals surface area (Å²) in [6.07, 6.45) is 3.08. The minimum Gasteiger partial charge on any atom is -0.372 e. The van der Waals surface area contributed by atoms with Crippen LogP contribution in [0.3, 0.4) is 0 Å². The maximum Gasteiger partial charge on any atom is 0.293 e. The van der Waals surface area contributed by atoms with E-state index in [1.54, 1.807) is 43.3 Å². The van der Waals surface area contributed by atoms with Crippen molar-refractivity contribution >= 4 is 28.8 Å². The first-order valence-corrected chi connectivity index (χ1v) is 8.69. The molecule has 3 aromatic rings. The minimum absolute atomic E-state index is 0.131. The Bertz CT molecular complexity index is 1080. The number of nitro benzene ring substituents is 1. The van der Waals surface area contributed by atoms with Crippen LogP contribution in [0.2, 0.25) is 0 Å². The highest BCUT2D eigenvalue weighted by Gasteiger charge is 2.22. The normalized spacial score (nSPS) is 10.3. The number of anilines is 2. The monoisotopic (exact) mass is 390 g/mol. The average molecular weight is 390 g/mol. The van der Waals surface area contributed by atoms with Gasteiger partial charge in [0.1, 0.15) is 5.69 Å². The van der Waals surface area contributed by atoms with Crippen LogP contribution in [0.15, 0.2) is 67.0 Å². The number of ketones is 1. The number of hydrogen-bond acceptors (Lipinski definition) is 6. The number of pyridine rings is 1. The van der Waals surface area contributed by atoms with Crippen molar-refractivity contribution in [3.05, 3.63) is 93.8 Å². The van der Waals surface area contributed by atoms with Gasteiger partial charge in [0.05, 0.1) is 10.5 Å². The van der Waals surface area contributed by atoms with E-state index < -0.39 is 16.6 Å². The van der Waals surface area contributed by atoms with Crippen LogP contribution in [0.4, 0.5) is 17.1 Å². The number of amides is 1. The molecule has 1 amide bonds. The lowest BCUT2D eigenvalue weighted by Crippen LogP contribution is -2.17. The molecule has 0 saturated carbocycles. The van der Waals surface area contributed by atoms with E-state index in [0.29, 0.717) is 11.4 Å². The van der Waals surface area contributed by atoms with Gasteiger partial charge in [-0.15, -0.1) is 0 Å². The third-order valence-electron chi connectivity index (χ3n) is 4.27. The molecule has 146 valence electrons. The van der Waals surface area contributed by atoms with Gasteiger partial charge >= 0.3 is 0 Å². The highest BCUT2D eigenvalue weighted by molar-refractivity contribution is 6.18. The van der Waals surface area contributed by atoms with Crippen molar-refractivity contribution in [3.63, 3.8) is 0 Å². The second-order valence-corrected chi connectivity index (χ2v) is 6.42. The van der Waals surface area contributed by atoms with Gasteiger partial charge in [-0.25, -0.2) is 0 Å². The summed E-state index contributed by atoms with van der Waals surface area (Å²) in [6, 6.07) is 13.9. The molecule has 0 aliphatic rings. The van der Waals surface area contributed by atoms with Crippen molar-refractivity contribution < 1.29 is 14.5 Å². The second-order valence-electron chi connectivity index (χ2n) is 6.42. The van der Waals surface area contributed by atoms with Crippen molar-refractivity contribution in [1.82, 2.24) is 4.98 Å². The molecule has 1 aromatic heterocycles. The Balaban J connectivity index is 1.97. The van der Waals surface area contributed by atoms with Crippen LogP contribution in [0, 0.1) is 10.1 Å². The van der Waals surface area contributed by atoms with Crippen LogP contribution in [-0.2, 0) is 0 Å². The fourth-order valence-corrected chi connectivity index (χ4v) is 2.86. The topological polar surface area (TPSA) is 105 Å². The second kappa shape index (κ2) is 8.30. The first-order valence-electron chi connectivity index (χ1n) is 8.69. The van der Waals surface area contributed by atoms with Crippen LogP contribution in [0.25, 0.3) is 0 Å². The van der Waals surface area contributed by atoms with E-state index in [1.165, 1.54) is 42.7 Å². The summed E-state index contributed by atoms with van der Waals surface area (Å²) in [6.45, 7) is 0. The van der Waals surface area contributed by atoms with Gasteiger partial charge in [-0.2, -0.15) is 0 Å². The summed E-state index contributed by atoms with van der Waals surface area (Å²) in [5, 5.41) is 14.1.